The fourth-order valence-corrected chi connectivity index (χ4v) is 4.05. The first-order valence-electron chi connectivity index (χ1n) is 12.0. The molecule has 1 saturated heterocycles. The van der Waals surface area contributed by atoms with Gasteiger partial charge >= 0.3 is 11.9 Å². The van der Waals surface area contributed by atoms with E-state index in [9.17, 15) is 9.59 Å². The minimum Gasteiger partial charge on any atom is -0.462 e. The highest BCUT2D eigenvalue weighted by atomic mass is 16.5. The molecule has 0 spiro atoms. The Morgan fingerprint density at radius 2 is 1.37 bits per heavy atom. The van der Waals surface area contributed by atoms with Crippen LogP contribution in [-0.4, -0.2) is 43.3 Å². The van der Waals surface area contributed by atoms with Gasteiger partial charge in [-0.15, -0.1) is 5.11 Å². The third-order valence-electron chi connectivity index (χ3n) is 5.79. The summed E-state index contributed by atoms with van der Waals surface area (Å²) in [6.07, 6.45) is 2.22. The summed E-state index contributed by atoms with van der Waals surface area (Å²) < 4.78 is 10.3. The summed E-state index contributed by atoms with van der Waals surface area (Å²) in [4.78, 5) is 24.6. The molecule has 180 valence electrons. The Morgan fingerprint density at radius 3 is 2.03 bits per heavy atom. The van der Waals surface area contributed by atoms with E-state index in [1.54, 1.807) is 32.0 Å². The van der Waals surface area contributed by atoms with Gasteiger partial charge in [0, 0.05) is 18.7 Å². The van der Waals surface area contributed by atoms with Gasteiger partial charge in [-0.3, -0.25) is 5.01 Å². The number of carbonyl (C=O) groups is 2. The van der Waals surface area contributed by atoms with Crippen molar-refractivity contribution in [3.05, 3.63) is 77.9 Å². The van der Waals surface area contributed by atoms with E-state index in [1.807, 2.05) is 53.5 Å². The molecule has 7 heteroatoms. The van der Waals surface area contributed by atoms with Crippen LogP contribution >= 0.6 is 0 Å². The summed E-state index contributed by atoms with van der Waals surface area (Å²) in [6.45, 7) is 5.98. The zero-order valence-electron chi connectivity index (χ0n) is 20.1. The van der Waals surface area contributed by atoms with Crippen LogP contribution in [0.4, 0.5) is 5.69 Å². The van der Waals surface area contributed by atoms with E-state index in [2.05, 4.69) is 10.3 Å². The van der Waals surface area contributed by atoms with E-state index in [1.165, 1.54) is 0 Å². The van der Waals surface area contributed by atoms with E-state index in [-0.39, 0.29) is 11.9 Å². The number of benzene rings is 3. The summed E-state index contributed by atoms with van der Waals surface area (Å²) >= 11 is 0. The monoisotopic (exact) mass is 471 g/mol. The second kappa shape index (κ2) is 11.4. The number of hydrogen-bond acceptors (Lipinski definition) is 6. The Kier molecular flexibility index (Phi) is 7.88. The molecule has 0 bridgehead atoms. The maximum Gasteiger partial charge on any atom is 0.338 e. The SMILES string of the molecule is CCOC(=O)c1ccc(-c2ccccc2-c2cc(C(=O)OCC)ccc2N=NN2CCCC2)cc1. The third-order valence-corrected chi connectivity index (χ3v) is 5.79. The first-order valence-corrected chi connectivity index (χ1v) is 12.0. The van der Waals surface area contributed by atoms with Gasteiger partial charge < -0.3 is 9.47 Å². The predicted molar refractivity (Wildman–Crippen MR) is 135 cm³/mol. The number of hydrogen-bond donors (Lipinski definition) is 0. The molecule has 35 heavy (non-hydrogen) atoms. The highest BCUT2D eigenvalue weighted by molar-refractivity contribution is 5.96. The molecule has 0 aliphatic carbocycles. The van der Waals surface area contributed by atoms with Crippen molar-refractivity contribution >= 4 is 17.6 Å². The second-order valence-electron chi connectivity index (χ2n) is 8.15. The first kappa shape index (κ1) is 24.1. The van der Waals surface area contributed by atoms with Crippen molar-refractivity contribution < 1.29 is 19.1 Å². The molecule has 0 aromatic heterocycles. The minimum atomic E-state index is -0.381. The van der Waals surface area contributed by atoms with Crippen molar-refractivity contribution in [1.82, 2.24) is 5.01 Å². The van der Waals surface area contributed by atoms with E-state index in [4.69, 9.17) is 9.47 Å². The zero-order valence-corrected chi connectivity index (χ0v) is 20.1. The van der Waals surface area contributed by atoms with Crippen LogP contribution in [0.5, 0.6) is 0 Å². The molecule has 0 unspecified atom stereocenters. The number of esters is 2. The molecule has 7 nitrogen and oxygen atoms in total. The van der Waals surface area contributed by atoms with Crippen molar-refractivity contribution in [2.24, 2.45) is 10.3 Å². The van der Waals surface area contributed by atoms with E-state index >= 15 is 0 Å². The molecule has 3 aromatic carbocycles. The highest BCUT2D eigenvalue weighted by Gasteiger charge is 2.17. The maximum absolute atomic E-state index is 12.5. The van der Waals surface area contributed by atoms with E-state index in [0.29, 0.717) is 30.0 Å². The van der Waals surface area contributed by atoms with Crippen LogP contribution in [0.3, 0.4) is 0 Å². The largest absolute Gasteiger partial charge is 0.462 e. The molecular weight excluding hydrogens is 442 g/mol. The van der Waals surface area contributed by atoms with Gasteiger partial charge in [0.05, 0.1) is 30.0 Å². The molecule has 4 rings (SSSR count). The molecule has 0 radical (unpaired) electrons. The number of rotatable bonds is 8. The second-order valence-corrected chi connectivity index (χ2v) is 8.15. The van der Waals surface area contributed by atoms with Gasteiger partial charge in [-0.05, 0) is 73.7 Å². The molecule has 0 N–H and O–H groups in total. The van der Waals surface area contributed by atoms with Crippen molar-refractivity contribution in [2.75, 3.05) is 26.3 Å². The first-order chi connectivity index (χ1) is 17.1. The zero-order chi connectivity index (χ0) is 24.6. The van der Waals surface area contributed by atoms with Crippen LogP contribution in [-0.2, 0) is 9.47 Å². The lowest BCUT2D eigenvalue weighted by atomic mass is 9.92. The fraction of sp³-hybridized carbons (Fsp3) is 0.286. The van der Waals surface area contributed by atoms with Crippen LogP contribution in [0.2, 0.25) is 0 Å². The molecule has 1 aliphatic rings. The van der Waals surface area contributed by atoms with Gasteiger partial charge in [0.1, 0.15) is 0 Å². The maximum atomic E-state index is 12.5. The summed E-state index contributed by atoms with van der Waals surface area (Å²) in [6, 6.07) is 20.5. The molecule has 1 aliphatic heterocycles. The molecule has 1 fully saturated rings. The Morgan fingerprint density at radius 1 is 0.771 bits per heavy atom. The standard InChI is InChI=1S/C28H29N3O4/c1-3-34-27(32)21-13-11-20(12-14-21)23-9-5-6-10-24(23)25-19-22(28(33)35-4-2)15-16-26(25)29-30-31-17-7-8-18-31/h5-6,9-16,19H,3-4,7-8,17-18H2,1-2H3. The molecule has 0 atom stereocenters. The molecule has 0 amide bonds. The minimum absolute atomic E-state index is 0.300. The van der Waals surface area contributed by atoms with Crippen LogP contribution < -0.4 is 0 Å². The van der Waals surface area contributed by atoms with Gasteiger partial charge in [-0.2, -0.15) is 0 Å². The molecule has 0 saturated carbocycles. The van der Waals surface area contributed by atoms with Gasteiger partial charge in [0.25, 0.3) is 0 Å². The summed E-state index contributed by atoms with van der Waals surface area (Å²) in [5, 5.41) is 10.9. The molecule has 3 aromatic rings. The van der Waals surface area contributed by atoms with Gasteiger partial charge in [0.2, 0.25) is 0 Å². The predicted octanol–water partition coefficient (Wildman–Crippen LogP) is 6.47. The number of ether oxygens (including phenoxy) is 2. The lowest BCUT2D eigenvalue weighted by Crippen LogP contribution is -2.09. The van der Waals surface area contributed by atoms with Crippen LogP contribution in [0.15, 0.2) is 77.1 Å². The van der Waals surface area contributed by atoms with Crippen molar-refractivity contribution in [3.8, 4) is 22.3 Å². The number of carbonyl (C=O) groups excluding carboxylic acids is 2. The average Bonchev–Trinajstić information content (AvgIpc) is 3.41. The van der Waals surface area contributed by atoms with Crippen molar-refractivity contribution in [2.45, 2.75) is 26.7 Å². The highest BCUT2D eigenvalue weighted by Crippen LogP contribution is 2.38. The van der Waals surface area contributed by atoms with Crippen LogP contribution in [0.1, 0.15) is 47.4 Å². The van der Waals surface area contributed by atoms with Gasteiger partial charge in [-0.1, -0.05) is 41.6 Å². The lowest BCUT2D eigenvalue weighted by Gasteiger charge is -2.14. The normalized spacial score (nSPS) is 13.3. The average molecular weight is 472 g/mol. The summed E-state index contributed by atoms with van der Waals surface area (Å²) in [7, 11) is 0. The van der Waals surface area contributed by atoms with Crippen LogP contribution in [0, 0.1) is 0 Å². The topological polar surface area (TPSA) is 80.6 Å². The van der Waals surface area contributed by atoms with Crippen molar-refractivity contribution in [1.29, 1.82) is 0 Å². The quantitative estimate of drug-likeness (QED) is 0.278. The number of nitrogens with zero attached hydrogens (tertiary/aromatic N) is 3. The summed E-state index contributed by atoms with van der Waals surface area (Å²) in [5.74, 6) is -0.730. The van der Waals surface area contributed by atoms with Gasteiger partial charge in [0.15, 0.2) is 0 Å². The lowest BCUT2D eigenvalue weighted by molar-refractivity contribution is 0.0517. The van der Waals surface area contributed by atoms with Gasteiger partial charge in [-0.25, -0.2) is 9.59 Å². The third kappa shape index (κ3) is 5.74. The fourth-order valence-electron chi connectivity index (χ4n) is 4.05. The summed E-state index contributed by atoms with van der Waals surface area (Å²) in [5.41, 5.74) is 5.17. The van der Waals surface area contributed by atoms with E-state index in [0.717, 1.165) is 48.2 Å². The molecule has 1 heterocycles. The van der Waals surface area contributed by atoms with Crippen molar-refractivity contribution in [3.63, 3.8) is 0 Å². The van der Waals surface area contributed by atoms with E-state index < -0.39 is 0 Å². The molecular formula is C28H29N3O4. The Hall–Kier alpha value is -4.00. The van der Waals surface area contributed by atoms with Crippen LogP contribution in [0.25, 0.3) is 22.3 Å². The Labute approximate surface area is 205 Å². The Bertz CT molecular complexity index is 1220. The smallest absolute Gasteiger partial charge is 0.338 e. The Balaban J connectivity index is 1.77.